The minimum Gasteiger partial charge on any atom is -0.298 e. The van der Waals surface area contributed by atoms with Crippen molar-refractivity contribution < 1.29 is 13.6 Å². The lowest BCUT2D eigenvalue weighted by atomic mass is 10.2. The summed E-state index contributed by atoms with van der Waals surface area (Å²) in [4.78, 5) is 20.4. The summed E-state index contributed by atoms with van der Waals surface area (Å²) >= 11 is 1.38. The van der Waals surface area contributed by atoms with E-state index in [0.717, 1.165) is 42.1 Å². The van der Waals surface area contributed by atoms with Crippen LogP contribution in [0, 0.1) is 11.8 Å². The topological polar surface area (TPSA) is 54.9 Å². The number of halogens is 2. The summed E-state index contributed by atoms with van der Waals surface area (Å²) in [7, 11) is 0. The van der Waals surface area contributed by atoms with E-state index >= 15 is 0 Å². The van der Waals surface area contributed by atoms with E-state index in [1.165, 1.54) is 11.3 Å². The summed E-state index contributed by atoms with van der Waals surface area (Å²) in [6, 6.07) is 1.13. The fourth-order valence-electron chi connectivity index (χ4n) is 2.00. The number of thiazole rings is 1. The van der Waals surface area contributed by atoms with E-state index < -0.39 is 17.7 Å². The summed E-state index contributed by atoms with van der Waals surface area (Å²) in [5.74, 6) is -3.25. The second kappa shape index (κ2) is 4.65. The van der Waals surface area contributed by atoms with E-state index in [0.29, 0.717) is 5.13 Å². The van der Waals surface area contributed by atoms with E-state index in [1.54, 1.807) is 0 Å². The summed E-state index contributed by atoms with van der Waals surface area (Å²) in [5.41, 5.74) is 0.615. The van der Waals surface area contributed by atoms with Crippen LogP contribution < -0.4 is 5.32 Å². The first-order chi connectivity index (χ1) is 9.15. The maximum absolute atomic E-state index is 13.4. The van der Waals surface area contributed by atoms with Crippen molar-refractivity contribution in [3.8, 4) is 0 Å². The zero-order valence-electron chi connectivity index (χ0n) is 9.74. The third-order valence-electron chi connectivity index (χ3n) is 2.91. The highest BCUT2D eigenvalue weighted by Gasteiger charge is 2.20. The average Bonchev–Trinajstić information content (AvgIpc) is 2.93. The van der Waals surface area contributed by atoms with Crippen molar-refractivity contribution in [1.82, 2.24) is 9.97 Å². The van der Waals surface area contributed by atoms with Crippen LogP contribution in [0.4, 0.5) is 13.9 Å². The van der Waals surface area contributed by atoms with Crippen LogP contribution in [0.1, 0.15) is 27.3 Å². The predicted molar refractivity (Wildman–Crippen MR) is 66.2 cm³/mol. The fourth-order valence-corrected chi connectivity index (χ4v) is 3.05. The molecule has 0 saturated heterocycles. The Morgan fingerprint density at radius 3 is 3.00 bits per heavy atom. The number of carbonyl (C=O) groups excluding carboxylic acids is 1. The molecule has 19 heavy (non-hydrogen) atoms. The van der Waals surface area contributed by atoms with E-state index in [-0.39, 0.29) is 5.56 Å². The first-order valence-corrected chi connectivity index (χ1v) is 6.56. The molecule has 0 saturated carbocycles. The Balaban J connectivity index is 1.82. The minimum atomic E-state index is -1.28. The number of amides is 1. The molecule has 0 fully saturated rings. The number of pyridine rings is 1. The van der Waals surface area contributed by atoms with Gasteiger partial charge in [0.1, 0.15) is 0 Å². The Hall–Kier alpha value is -1.89. The van der Waals surface area contributed by atoms with Gasteiger partial charge in [0.2, 0.25) is 5.95 Å². The molecule has 0 atom stereocenters. The number of anilines is 1. The number of aryl methyl sites for hydroxylation is 2. The maximum atomic E-state index is 13.4. The number of fused-ring (bicyclic) bond motifs is 1. The lowest BCUT2D eigenvalue weighted by Crippen LogP contribution is -2.15. The van der Waals surface area contributed by atoms with Gasteiger partial charge in [-0.05, 0) is 25.3 Å². The van der Waals surface area contributed by atoms with Gasteiger partial charge in [0, 0.05) is 11.1 Å². The quantitative estimate of drug-likeness (QED) is 0.861. The first kappa shape index (κ1) is 12.2. The number of aromatic nitrogens is 2. The smallest absolute Gasteiger partial charge is 0.260 e. The molecule has 2 aromatic rings. The Morgan fingerprint density at radius 1 is 1.37 bits per heavy atom. The highest BCUT2D eigenvalue weighted by molar-refractivity contribution is 7.15. The van der Waals surface area contributed by atoms with E-state index in [1.807, 2.05) is 0 Å². The average molecular weight is 281 g/mol. The van der Waals surface area contributed by atoms with Crippen molar-refractivity contribution in [3.63, 3.8) is 0 Å². The van der Waals surface area contributed by atoms with Crippen LogP contribution in [0.3, 0.4) is 0 Å². The summed E-state index contributed by atoms with van der Waals surface area (Å²) in [5, 5.41) is 2.91. The second-order valence-corrected chi connectivity index (χ2v) is 5.24. The molecule has 3 rings (SSSR count). The van der Waals surface area contributed by atoms with Crippen molar-refractivity contribution in [3.05, 3.63) is 40.2 Å². The Kier molecular flexibility index (Phi) is 2.98. The molecule has 0 radical (unpaired) electrons. The summed E-state index contributed by atoms with van der Waals surface area (Å²) < 4.78 is 26.3. The zero-order valence-corrected chi connectivity index (χ0v) is 10.6. The van der Waals surface area contributed by atoms with Crippen LogP contribution in [0.5, 0.6) is 0 Å². The molecule has 0 bridgehead atoms. The monoisotopic (exact) mass is 281 g/mol. The molecule has 7 heteroatoms. The predicted octanol–water partition coefficient (Wildman–Crippen LogP) is 2.56. The van der Waals surface area contributed by atoms with Crippen molar-refractivity contribution in [2.45, 2.75) is 19.3 Å². The van der Waals surface area contributed by atoms with Gasteiger partial charge in [0.05, 0.1) is 11.3 Å². The fraction of sp³-hybridized carbons (Fsp3) is 0.250. The Labute approximate surface area is 111 Å². The van der Waals surface area contributed by atoms with Crippen molar-refractivity contribution in [2.24, 2.45) is 0 Å². The van der Waals surface area contributed by atoms with Gasteiger partial charge in [-0.3, -0.25) is 10.1 Å². The van der Waals surface area contributed by atoms with Gasteiger partial charge in [-0.2, -0.15) is 4.39 Å². The van der Waals surface area contributed by atoms with Gasteiger partial charge in [-0.15, -0.1) is 11.3 Å². The molecule has 0 spiro atoms. The maximum Gasteiger partial charge on any atom is 0.260 e. The number of nitrogens with one attached hydrogen (secondary N) is 1. The van der Waals surface area contributed by atoms with E-state index in [9.17, 15) is 13.6 Å². The molecule has 1 N–H and O–H groups in total. The number of hydrogen-bond donors (Lipinski definition) is 1. The molecule has 1 aliphatic carbocycles. The first-order valence-electron chi connectivity index (χ1n) is 5.75. The lowest BCUT2D eigenvalue weighted by Gasteiger charge is -2.03. The third-order valence-corrected chi connectivity index (χ3v) is 3.98. The normalized spacial score (nSPS) is 13.4. The number of nitrogens with zero attached hydrogens (tertiary/aromatic N) is 2. The third kappa shape index (κ3) is 2.21. The van der Waals surface area contributed by atoms with Crippen molar-refractivity contribution in [1.29, 1.82) is 0 Å². The Morgan fingerprint density at radius 2 is 2.21 bits per heavy atom. The van der Waals surface area contributed by atoms with Crippen LogP contribution in [0.25, 0.3) is 0 Å². The molecule has 2 aromatic heterocycles. The van der Waals surface area contributed by atoms with Crippen molar-refractivity contribution in [2.75, 3.05) is 5.32 Å². The lowest BCUT2D eigenvalue weighted by molar-refractivity contribution is 0.102. The van der Waals surface area contributed by atoms with Gasteiger partial charge in [-0.1, -0.05) is 0 Å². The van der Waals surface area contributed by atoms with Crippen LogP contribution in [0.15, 0.2) is 12.3 Å². The van der Waals surface area contributed by atoms with Crippen LogP contribution in [-0.2, 0) is 12.8 Å². The highest BCUT2D eigenvalue weighted by Crippen LogP contribution is 2.30. The molecule has 1 aliphatic rings. The molecule has 98 valence electrons. The molecule has 0 aliphatic heterocycles. The highest BCUT2D eigenvalue weighted by atomic mass is 32.1. The molecule has 1 amide bonds. The van der Waals surface area contributed by atoms with Crippen LogP contribution in [0.2, 0.25) is 0 Å². The standard InChI is InChI=1S/C12H9F2N3OS/c13-9-6(4-5-15-10(9)14)11(18)17-12-16-7-2-1-3-8(7)19-12/h4-5H,1-3H2,(H,16,17,18). The second-order valence-electron chi connectivity index (χ2n) is 4.16. The van der Waals surface area contributed by atoms with Crippen LogP contribution in [-0.4, -0.2) is 15.9 Å². The number of carbonyl (C=O) groups is 1. The van der Waals surface area contributed by atoms with Crippen molar-refractivity contribution >= 4 is 22.4 Å². The minimum absolute atomic E-state index is 0.372. The number of hydrogen-bond acceptors (Lipinski definition) is 4. The van der Waals surface area contributed by atoms with Gasteiger partial charge in [0.25, 0.3) is 5.91 Å². The van der Waals surface area contributed by atoms with E-state index in [4.69, 9.17) is 0 Å². The zero-order chi connectivity index (χ0) is 13.4. The van der Waals surface area contributed by atoms with Gasteiger partial charge < -0.3 is 0 Å². The molecule has 0 aromatic carbocycles. The SMILES string of the molecule is O=C(Nc1nc2c(s1)CCC2)c1ccnc(F)c1F. The molecular formula is C12H9F2N3OS. The van der Waals surface area contributed by atoms with Gasteiger partial charge in [0.15, 0.2) is 10.9 Å². The molecular weight excluding hydrogens is 272 g/mol. The molecule has 2 heterocycles. The van der Waals surface area contributed by atoms with Gasteiger partial charge in [-0.25, -0.2) is 14.4 Å². The number of rotatable bonds is 2. The van der Waals surface area contributed by atoms with Crippen LogP contribution >= 0.6 is 11.3 Å². The molecule has 4 nitrogen and oxygen atoms in total. The van der Waals surface area contributed by atoms with Gasteiger partial charge >= 0.3 is 0 Å². The Bertz CT molecular complexity index is 635. The largest absolute Gasteiger partial charge is 0.298 e. The molecule has 0 unspecified atom stereocenters. The summed E-state index contributed by atoms with van der Waals surface area (Å²) in [6.45, 7) is 0. The summed E-state index contributed by atoms with van der Waals surface area (Å²) in [6.07, 6.45) is 3.99. The van der Waals surface area contributed by atoms with E-state index in [2.05, 4.69) is 15.3 Å².